The van der Waals surface area contributed by atoms with Gasteiger partial charge in [-0.15, -0.1) is 0 Å². The Morgan fingerprint density at radius 2 is 2.30 bits per heavy atom. The number of hydrogen-bond donors (Lipinski definition) is 0. The summed E-state index contributed by atoms with van der Waals surface area (Å²) in [6, 6.07) is 3.55. The van der Waals surface area contributed by atoms with Crippen molar-refractivity contribution in [3.8, 4) is 0 Å². The van der Waals surface area contributed by atoms with Crippen LogP contribution >= 0.6 is 0 Å². The van der Waals surface area contributed by atoms with Gasteiger partial charge in [0.15, 0.2) is 0 Å². The monoisotopic (exact) mass is 138 g/mol. The zero-order valence-corrected chi connectivity index (χ0v) is 6.11. The largest absolute Gasteiger partial charge is 0.594 e. The molecule has 54 valence electrons. The van der Waals surface area contributed by atoms with Gasteiger partial charge in [-0.05, 0) is 6.07 Å². The maximum Gasteiger partial charge on any atom is 0.209 e. The van der Waals surface area contributed by atoms with Gasteiger partial charge < -0.3 is 5.21 Å². The lowest BCUT2D eigenvalue weighted by molar-refractivity contribution is -0.670. The van der Waals surface area contributed by atoms with Gasteiger partial charge in [-0.25, -0.2) is 0 Å². The van der Waals surface area contributed by atoms with Gasteiger partial charge in [0.1, 0.15) is 5.69 Å². The molecule has 1 rings (SSSR count). The van der Waals surface area contributed by atoms with E-state index in [9.17, 15) is 5.21 Å². The zero-order chi connectivity index (χ0) is 7.56. The molecule has 0 saturated carbocycles. The highest BCUT2D eigenvalue weighted by Gasteiger charge is 2.02. The Morgan fingerprint density at radius 3 is 2.70 bits per heavy atom. The predicted molar refractivity (Wildman–Crippen MR) is 37.3 cm³/mol. The van der Waals surface area contributed by atoms with E-state index in [2.05, 4.69) is 5.10 Å². The second kappa shape index (κ2) is 2.64. The third kappa shape index (κ3) is 1.43. The van der Waals surface area contributed by atoms with E-state index in [1.165, 1.54) is 6.20 Å². The average molecular weight is 138 g/mol. The molecule has 1 aromatic heterocycles. The molecule has 0 aliphatic rings. The third-order valence-corrected chi connectivity index (χ3v) is 1.29. The van der Waals surface area contributed by atoms with Crippen LogP contribution in [0.2, 0.25) is 0 Å². The molecule has 0 fully saturated rings. The van der Waals surface area contributed by atoms with Gasteiger partial charge in [0.25, 0.3) is 0 Å². The Hall–Kier alpha value is -1.12. The van der Waals surface area contributed by atoms with E-state index < -0.39 is 0 Å². The van der Waals surface area contributed by atoms with Crippen LogP contribution in [0.5, 0.6) is 0 Å². The van der Waals surface area contributed by atoms with Crippen LogP contribution in [-0.4, -0.2) is 5.10 Å². The summed E-state index contributed by atoms with van der Waals surface area (Å²) in [6.45, 7) is 4.00. The third-order valence-electron chi connectivity index (χ3n) is 1.29. The van der Waals surface area contributed by atoms with Crippen LogP contribution in [0.3, 0.4) is 0 Å². The van der Waals surface area contributed by atoms with Crippen molar-refractivity contribution in [3.05, 3.63) is 29.2 Å². The summed E-state index contributed by atoms with van der Waals surface area (Å²) in [5.41, 5.74) is 0.831. The molecule has 1 heterocycles. The first-order valence-electron chi connectivity index (χ1n) is 3.26. The van der Waals surface area contributed by atoms with Crippen molar-refractivity contribution in [2.45, 2.75) is 19.8 Å². The van der Waals surface area contributed by atoms with Gasteiger partial charge in [0.2, 0.25) is 6.20 Å². The van der Waals surface area contributed by atoms with Crippen molar-refractivity contribution < 1.29 is 4.85 Å². The molecule has 0 bridgehead atoms. The molecule has 0 atom stereocenters. The van der Waals surface area contributed by atoms with Crippen LogP contribution in [0.15, 0.2) is 18.3 Å². The molecule has 1 aromatic rings. The number of aromatic nitrogens is 2. The molecule has 3 heteroatoms. The van der Waals surface area contributed by atoms with Gasteiger partial charge >= 0.3 is 0 Å². The van der Waals surface area contributed by atoms with Crippen LogP contribution in [-0.2, 0) is 0 Å². The van der Waals surface area contributed by atoms with Crippen molar-refractivity contribution >= 4 is 0 Å². The lowest BCUT2D eigenvalue weighted by atomic mass is 10.1. The number of rotatable bonds is 1. The van der Waals surface area contributed by atoms with E-state index in [1.54, 1.807) is 6.07 Å². The molecule has 0 amide bonds. The Morgan fingerprint density at radius 1 is 1.60 bits per heavy atom. The second-order valence-electron chi connectivity index (χ2n) is 2.49. The molecule has 0 aliphatic heterocycles. The predicted octanol–water partition coefficient (Wildman–Crippen LogP) is 0.838. The van der Waals surface area contributed by atoms with E-state index in [1.807, 2.05) is 19.9 Å². The molecule has 0 N–H and O–H groups in total. The van der Waals surface area contributed by atoms with E-state index >= 15 is 0 Å². The van der Waals surface area contributed by atoms with Crippen molar-refractivity contribution in [1.29, 1.82) is 0 Å². The molecule has 0 unspecified atom stereocenters. The van der Waals surface area contributed by atoms with E-state index in [4.69, 9.17) is 0 Å². The van der Waals surface area contributed by atoms with Gasteiger partial charge in [0.05, 0.1) is 0 Å². The maximum absolute atomic E-state index is 10.6. The van der Waals surface area contributed by atoms with Crippen LogP contribution in [0, 0.1) is 5.21 Å². The summed E-state index contributed by atoms with van der Waals surface area (Å²) in [6.07, 6.45) is 1.38. The summed E-state index contributed by atoms with van der Waals surface area (Å²) in [7, 11) is 0. The van der Waals surface area contributed by atoms with Crippen molar-refractivity contribution in [2.75, 3.05) is 0 Å². The molecule has 0 radical (unpaired) electrons. The zero-order valence-electron chi connectivity index (χ0n) is 6.11. The molecular weight excluding hydrogens is 128 g/mol. The standard InChI is InChI=1S/C7H10N2O/c1-6(2)7-4-3-5-9(10)8-7/h3-6H,1-2H3. The SMILES string of the molecule is CC(C)c1ccc[n+]([O-])n1. The van der Waals surface area contributed by atoms with Crippen molar-refractivity contribution in [2.24, 2.45) is 0 Å². The van der Waals surface area contributed by atoms with Crippen LogP contribution < -0.4 is 4.85 Å². The minimum absolute atomic E-state index is 0.321. The summed E-state index contributed by atoms with van der Waals surface area (Å²) in [4.78, 5) is 0.579. The number of hydrogen-bond acceptors (Lipinski definition) is 2. The minimum Gasteiger partial charge on any atom is -0.594 e. The van der Waals surface area contributed by atoms with Crippen LogP contribution in [0.25, 0.3) is 0 Å². The van der Waals surface area contributed by atoms with Crippen molar-refractivity contribution in [3.63, 3.8) is 0 Å². The first-order valence-corrected chi connectivity index (χ1v) is 3.26. The quantitative estimate of drug-likeness (QED) is 0.426. The first kappa shape index (κ1) is 6.99. The Kier molecular flexibility index (Phi) is 1.85. The average Bonchev–Trinajstić information content (AvgIpc) is 1.88. The topological polar surface area (TPSA) is 39.8 Å². The van der Waals surface area contributed by atoms with Gasteiger partial charge in [-0.2, -0.15) is 0 Å². The van der Waals surface area contributed by atoms with E-state index in [-0.39, 0.29) is 0 Å². The Bertz CT molecular complexity index is 223. The van der Waals surface area contributed by atoms with E-state index in [0.717, 1.165) is 5.69 Å². The maximum atomic E-state index is 10.6. The highest BCUT2D eigenvalue weighted by molar-refractivity contribution is 5.01. The molecule has 0 saturated heterocycles. The molecule has 3 nitrogen and oxygen atoms in total. The highest BCUT2D eigenvalue weighted by atomic mass is 16.5. The fraction of sp³-hybridized carbons (Fsp3) is 0.429. The van der Waals surface area contributed by atoms with Crippen LogP contribution in [0.1, 0.15) is 25.5 Å². The normalized spacial score (nSPS) is 10.3. The molecule has 0 aromatic carbocycles. The van der Waals surface area contributed by atoms with Gasteiger partial charge in [-0.1, -0.05) is 18.7 Å². The van der Waals surface area contributed by atoms with Crippen LogP contribution in [0.4, 0.5) is 0 Å². The number of nitrogens with zero attached hydrogens (tertiary/aromatic N) is 2. The van der Waals surface area contributed by atoms with Gasteiger partial charge in [0, 0.05) is 17.1 Å². The van der Waals surface area contributed by atoms with Crippen molar-refractivity contribution in [1.82, 2.24) is 5.10 Å². The van der Waals surface area contributed by atoms with Gasteiger partial charge in [-0.3, -0.25) is 0 Å². The molecular formula is C7H10N2O. The summed E-state index contributed by atoms with van der Waals surface area (Å²) < 4.78 is 0. The smallest absolute Gasteiger partial charge is 0.209 e. The minimum atomic E-state index is 0.321. The second-order valence-corrected chi connectivity index (χ2v) is 2.49. The summed E-state index contributed by atoms with van der Waals surface area (Å²) in [5.74, 6) is 0.321. The molecule has 0 aliphatic carbocycles. The fourth-order valence-corrected chi connectivity index (χ4v) is 0.704. The highest BCUT2D eigenvalue weighted by Crippen LogP contribution is 2.06. The lowest BCUT2D eigenvalue weighted by Crippen LogP contribution is -2.31. The Labute approximate surface area is 59.9 Å². The fourth-order valence-electron chi connectivity index (χ4n) is 0.704. The summed E-state index contributed by atoms with van der Waals surface area (Å²) in [5, 5.41) is 14.3. The van der Waals surface area contributed by atoms with E-state index in [0.29, 0.717) is 10.8 Å². The first-order chi connectivity index (χ1) is 4.70. The molecule has 10 heavy (non-hydrogen) atoms. The molecule has 0 spiro atoms. The summed E-state index contributed by atoms with van der Waals surface area (Å²) >= 11 is 0. The lowest BCUT2D eigenvalue weighted by Gasteiger charge is -2.00. The Balaban J connectivity index is 2.96.